The fourth-order valence-electron chi connectivity index (χ4n) is 2.86. The Labute approximate surface area is 118 Å². The minimum Gasteiger partial charge on any atom is -0.490 e. The van der Waals surface area contributed by atoms with Crippen LogP contribution >= 0.6 is 11.8 Å². The Morgan fingerprint density at radius 1 is 1.47 bits per heavy atom. The molecule has 1 aromatic carbocycles. The van der Waals surface area contributed by atoms with Crippen molar-refractivity contribution < 1.29 is 9.47 Å². The van der Waals surface area contributed by atoms with Crippen molar-refractivity contribution in [2.75, 3.05) is 23.8 Å². The van der Waals surface area contributed by atoms with Gasteiger partial charge in [0.1, 0.15) is 11.9 Å². The molecule has 2 heterocycles. The van der Waals surface area contributed by atoms with Crippen LogP contribution in [0.4, 0.5) is 5.69 Å². The average Bonchev–Trinajstić information content (AvgIpc) is 2.82. The Balaban J connectivity index is 1.67. The molecule has 2 unspecified atom stereocenters. The molecule has 2 saturated heterocycles. The topological polar surface area (TPSA) is 44.5 Å². The van der Waals surface area contributed by atoms with Crippen molar-refractivity contribution in [1.29, 1.82) is 0 Å². The summed E-state index contributed by atoms with van der Waals surface area (Å²) < 4.78 is 12.1. The zero-order valence-corrected chi connectivity index (χ0v) is 12.2. The highest BCUT2D eigenvalue weighted by Gasteiger charge is 2.41. The molecule has 4 heteroatoms. The molecule has 2 atom stereocenters. The average molecular weight is 279 g/mol. The summed E-state index contributed by atoms with van der Waals surface area (Å²) >= 11 is 2.00. The van der Waals surface area contributed by atoms with Crippen molar-refractivity contribution in [2.45, 2.75) is 37.9 Å². The fourth-order valence-corrected chi connectivity index (χ4v) is 4.24. The van der Waals surface area contributed by atoms with E-state index in [1.54, 1.807) is 0 Å². The fraction of sp³-hybridized carbons (Fsp3) is 0.600. The summed E-state index contributed by atoms with van der Waals surface area (Å²) in [7, 11) is 0. The van der Waals surface area contributed by atoms with Crippen molar-refractivity contribution in [1.82, 2.24) is 0 Å². The van der Waals surface area contributed by atoms with E-state index in [1.807, 2.05) is 36.9 Å². The van der Waals surface area contributed by atoms with Gasteiger partial charge in [0, 0.05) is 24.3 Å². The molecule has 0 radical (unpaired) electrons. The maximum Gasteiger partial charge on any atom is 0.120 e. The summed E-state index contributed by atoms with van der Waals surface area (Å²) in [5, 5.41) is 0. The highest BCUT2D eigenvalue weighted by Crippen LogP contribution is 2.39. The summed E-state index contributed by atoms with van der Waals surface area (Å²) in [5.74, 6) is 3.26. The van der Waals surface area contributed by atoms with Gasteiger partial charge in [-0.05, 0) is 42.9 Å². The van der Waals surface area contributed by atoms with Crippen molar-refractivity contribution >= 4 is 17.4 Å². The van der Waals surface area contributed by atoms with Crippen LogP contribution in [0.2, 0.25) is 0 Å². The van der Waals surface area contributed by atoms with Crippen LogP contribution in [0.3, 0.4) is 0 Å². The number of rotatable bonds is 2. The van der Waals surface area contributed by atoms with Gasteiger partial charge in [-0.25, -0.2) is 0 Å². The number of hydrogen-bond donors (Lipinski definition) is 1. The molecule has 3 nitrogen and oxygen atoms in total. The zero-order chi connectivity index (χ0) is 13.3. The van der Waals surface area contributed by atoms with Crippen LogP contribution in [-0.4, -0.2) is 29.8 Å². The van der Waals surface area contributed by atoms with Crippen molar-refractivity contribution in [3.63, 3.8) is 0 Å². The molecule has 3 rings (SSSR count). The Kier molecular flexibility index (Phi) is 3.63. The molecular formula is C15H21NO2S. The predicted octanol–water partition coefficient (Wildman–Crippen LogP) is 3.01. The van der Waals surface area contributed by atoms with Gasteiger partial charge in [0.2, 0.25) is 0 Å². The lowest BCUT2D eigenvalue weighted by atomic mass is 9.91. The van der Waals surface area contributed by atoms with E-state index in [0.717, 1.165) is 48.6 Å². The standard InChI is InChI=1S/C15H21NO2S/c1-11-8-12(2-3-14(11)16)18-13-4-6-17-15(9-13)5-7-19-10-15/h2-3,8,13H,4-7,9-10,16H2,1H3. The largest absolute Gasteiger partial charge is 0.490 e. The Hall–Kier alpha value is -0.870. The predicted molar refractivity (Wildman–Crippen MR) is 79.9 cm³/mol. The van der Waals surface area contributed by atoms with Gasteiger partial charge in [-0.15, -0.1) is 0 Å². The summed E-state index contributed by atoms with van der Waals surface area (Å²) in [6, 6.07) is 5.92. The van der Waals surface area contributed by atoms with E-state index in [9.17, 15) is 0 Å². The lowest BCUT2D eigenvalue weighted by molar-refractivity contribution is -0.0958. The maximum atomic E-state index is 6.13. The molecule has 0 saturated carbocycles. The number of nitrogens with two attached hydrogens (primary N) is 1. The molecule has 104 valence electrons. The van der Waals surface area contributed by atoms with Gasteiger partial charge in [0.15, 0.2) is 0 Å². The minimum absolute atomic E-state index is 0.0798. The molecule has 2 fully saturated rings. The lowest BCUT2D eigenvalue weighted by Crippen LogP contribution is -2.43. The Morgan fingerprint density at radius 2 is 2.37 bits per heavy atom. The Morgan fingerprint density at radius 3 is 3.11 bits per heavy atom. The normalized spacial score (nSPS) is 30.7. The first-order valence-electron chi connectivity index (χ1n) is 6.91. The molecule has 1 spiro atoms. The van der Waals surface area contributed by atoms with Crippen LogP contribution < -0.4 is 10.5 Å². The molecule has 2 aliphatic heterocycles. The summed E-state index contributed by atoms with van der Waals surface area (Å²) in [6.45, 7) is 2.83. The number of nitrogen functional groups attached to an aromatic ring is 1. The maximum absolute atomic E-state index is 6.13. The van der Waals surface area contributed by atoms with E-state index >= 15 is 0 Å². The highest BCUT2D eigenvalue weighted by atomic mass is 32.2. The molecular weight excluding hydrogens is 258 g/mol. The monoisotopic (exact) mass is 279 g/mol. The van der Waals surface area contributed by atoms with Gasteiger partial charge in [0.05, 0.1) is 12.2 Å². The molecule has 2 aliphatic rings. The number of ether oxygens (including phenoxy) is 2. The third-order valence-corrected chi connectivity index (χ3v) is 5.28. The first kappa shape index (κ1) is 13.1. The van der Waals surface area contributed by atoms with Gasteiger partial charge in [-0.1, -0.05) is 0 Å². The SMILES string of the molecule is Cc1cc(OC2CCOC3(CCSC3)C2)ccc1N. The van der Waals surface area contributed by atoms with Crippen molar-refractivity contribution in [3.05, 3.63) is 23.8 Å². The summed E-state index contributed by atoms with van der Waals surface area (Å²) in [5.41, 5.74) is 7.82. The van der Waals surface area contributed by atoms with Gasteiger partial charge >= 0.3 is 0 Å². The summed E-state index contributed by atoms with van der Waals surface area (Å²) in [4.78, 5) is 0. The van der Waals surface area contributed by atoms with E-state index in [2.05, 4.69) is 0 Å². The van der Waals surface area contributed by atoms with E-state index in [4.69, 9.17) is 15.2 Å². The first-order chi connectivity index (χ1) is 9.17. The smallest absolute Gasteiger partial charge is 0.120 e. The molecule has 2 N–H and O–H groups in total. The van der Waals surface area contributed by atoms with Crippen LogP contribution in [0.1, 0.15) is 24.8 Å². The molecule has 0 bridgehead atoms. The van der Waals surface area contributed by atoms with Gasteiger partial charge in [0.25, 0.3) is 0 Å². The second kappa shape index (κ2) is 5.25. The number of benzene rings is 1. The van der Waals surface area contributed by atoms with Crippen molar-refractivity contribution in [3.8, 4) is 5.75 Å². The molecule has 0 aliphatic carbocycles. The quantitative estimate of drug-likeness (QED) is 0.845. The number of aryl methyl sites for hydroxylation is 1. The van der Waals surface area contributed by atoms with Crippen LogP contribution in [0.15, 0.2) is 18.2 Å². The van der Waals surface area contributed by atoms with Gasteiger partial charge in [-0.3, -0.25) is 0 Å². The number of hydrogen-bond acceptors (Lipinski definition) is 4. The molecule has 0 aromatic heterocycles. The molecule has 19 heavy (non-hydrogen) atoms. The molecule has 0 amide bonds. The van der Waals surface area contributed by atoms with E-state index < -0.39 is 0 Å². The van der Waals surface area contributed by atoms with Crippen molar-refractivity contribution in [2.24, 2.45) is 0 Å². The van der Waals surface area contributed by atoms with Crippen LogP contribution in [-0.2, 0) is 4.74 Å². The van der Waals surface area contributed by atoms with Crippen LogP contribution in [0.25, 0.3) is 0 Å². The van der Waals surface area contributed by atoms with Gasteiger partial charge in [-0.2, -0.15) is 11.8 Å². The van der Waals surface area contributed by atoms with E-state index in [1.165, 1.54) is 5.75 Å². The third kappa shape index (κ3) is 2.84. The highest BCUT2D eigenvalue weighted by molar-refractivity contribution is 7.99. The van der Waals surface area contributed by atoms with Crippen LogP contribution in [0, 0.1) is 6.92 Å². The van der Waals surface area contributed by atoms with Crippen LogP contribution in [0.5, 0.6) is 5.75 Å². The lowest BCUT2D eigenvalue weighted by Gasteiger charge is -2.37. The van der Waals surface area contributed by atoms with E-state index in [0.29, 0.717) is 0 Å². The number of anilines is 1. The Bertz CT molecular complexity index is 457. The third-order valence-electron chi connectivity index (χ3n) is 4.06. The molecule has 1 aromatic rings. The summed E-state index contributed by atoms with van der Waals surface area (Å²) in [6.07, 6.45) is 3.44. The van der Waals surface area contributed by atoms with Gasteiger partial charge < -0.3 is 15.2 Å². The number of thioether (sulfide) groups is 1. The first-order valence-corrected chi connectivity index (χ1v) is 8.07. The second-order valence-electron chi connectivity index (χ2n) is 5.59. The second-order valence-corrected chi connectivity index (χ2v) is 6.69. The minimum atomic E-state index is 0.0798. The van der Waals surface area contributed by atoms with E-state index in [-0.39, 0.29) is 11.7 Å². The zero-order valence-electron chi connectivity index (χ0n) is 11.4.